The van der Waals surface area contributed by atoms with Crippen molar-refractivity contribution in [2.75, 3.05) is 0 Å². The molecule has 2 heterocycles. The predicted octanol–water partition coefficient (Wildman–Crippen LogP) is 2.81. The molecule has 2 aromatic heterocycles. The van der Waals surface area contributed by atoms with E-state index in [0.29, 0.717) is 5.69 Å². The molecule has 3 rings (SSSR count). The van der Waals surface area contributed by atoms with E-state index in [1.165, 1.54) is 0 Å². The largest absolute Gasteiger partial charge is 0.297 e. The molecule has 82 valence electrons. The molecule has 3 nitrogen and oxygen atoms in total. The number of fused-ring (bicyclic) bond motifs is 1. The molecule has 0 aliphatic carbocycles. The van der Waals surface area contributed by atoms with Crippen LogP contribution in [0.1, 0.15) is 10.5 Å². The summed E-state index contributed by atoms with van der Waals surface area (Å²) in [6.07, 6.45) is 4.33. The Morgan fingerprint density at radius 2 is 1.82 bits per heavy atom. The van der Waals surface area contributed by atoms with Crippen molar-refractivity contribution in [3.05, 3.63) is 60.6 Å². The highest BCUT2D eigenvalue weighted by Gasteiger charge is 2.03. The zero-order chi connectivity index (χ0) is 11.7. The van der Waals surface area contributed by atoms with Gasteiger partial charge >= 0.3 is 0 Å². The Balaban J connectivity index is 2.22. The first-order chi connectivity index (χ1) is 8.38. The van der Waals surface area contributed by atoms with Gasteiger partial charge in [-0.3, -0.25) is 9.20 Å². The molecule has 0 aliphatic rings. The molecule has 3 heteroatoms. The van der Waals surface area contributed by atoms with Gasteiger partial charge in [-0.2, -0.15) is 0 Å². The number of rotatable bonds is 2. The van der Waals surface area contributed by atoms with Crippen molar-refractivity contribution in [1.29, 1.82) is 0 Å². The third-order valence-electron chi connectivity index (χ3n) is 2.76. The summed E-state index contributed by atoms with van der Waals surface area (Å²) in [5.74, 6) is 0. The van der Waals surface area contributed by atoms with Crippen LogP contribution in [0.3, 0.4) is 0 Å². The van der Waals surface area contributed by atoms with Gasteiger partial charge in [0.05, 0.1) is 6.20 Å². The standard InChI is InChI=1S/C14H10N2O/c17-10-13-8-15-14-7-6-12(9-16(13)14)11-4-2-1-3-5-11/h1-10H. The molecule has 0 atom stereocenters. The molecule has 0 bridgehead atoms. The van der Waals surface area contributed by atoms with Gasteiger partial charge in [0.2, 0.25) is 0 Å². The molecular weight excluding hydrogens is 212 g/mol. The van der Waals surface area contributed by atoms with E-state index in [0.717, 1.165) is 23.1 Å². The summed E-state index contributed by atoms with van der Waals surface area (Å²) in [4.78, 5) is 15.0. The van der Waals surface area contributed by atoms with Gasteiger partial charge in [-0.1, -0.05) is 30.3 Å². The molecule has 0 saturated carbocycles. The summed E-state index contributed by atoms with van der Waals surface area (Å²) < 4.78 is 1.80. The number of benzene rings is 1. The second-order valence-corrected chi connectivity index (χ2v) is 3.81. The number of aldehydes is 1. The van der Waals surface area contributed by atoms with Crippen molar-refractivity contribution in [2.45, 2.75) is 0 Å². The summed E-state index contributed by atoms with van der Waals surface area (Å²) in [5.41, 5.74) is 3.55. The molecule has 1 aromatic carbocycles. The van der Waals surface area contributed by atoms with Crippen LogP contribution >= 0.6 is 0 Å². The van der Waals surface area contributed by atoms with Crippen molar-refractivity contribution in [1.82, 2.24) is 9.38 Å². The monoisotopic (exact) mass is 222 g/mol. The molecule has 0 N–H and O–H groups in total. The van der Waals surface area contributed by atoms with E-state index < -0.39 is 0 Å². The highest BCUT2D eigenvalue weighted by molar-refractivity contribution is 5.75. The van der Waals surface area contributed by atoms with Crippen molar-refractivity contribution >= 4 is 11.9 Å². The number of pyridine rings is 1. The van der Waals surface area contributed by atoms with E-state index in [4.69, 9.17) is 0 Å². The Morgan fingerprint density at radius 3 is 2.59 bits per heavy atom. The number of hydrogen-bond acceptors (Lipinski definition) is 2. The summed E-state index contributed by atoms with van der Waals surface area (Å²) >= 11 is 0. The molecule has 0 unspecified atom stereocenters. The average Bonchev–Trinajstić information content (AvgIpc) is 2.81. The van der Waals surface area contributed by atoms with Gasteiger partial charge in [-0.05, 0) is 23.3 Å². The highest BCUT2D eigenvalue weighted by Crippen LogP contribution is 2.19. The molecule has 0 amide bonds. The van der Waals surface area contributed by atoms with E-state index >= 15 is 0 Å². The van der Waals surface area contributed by atoms with Crippen molar-refractivity contribution in [2.24, 2.45) is 0 Å². The SMILES string of the molecule is O=Cc1cnc2ccc(-c3ccccc3)cn12. The Hall–Kier alpha value is -2.42. The first-order valence-corrected chi connectivity index (χ1v) is 5.36. The predicted molar refractivity (Wildman–Crippen MR) is 66.0 cm³/mol. The van der Waals surface area contributed by atoms with Crippen LogP contribution in [0.4, 0.5) is 0 Å². The van der Waals surface area contributed by atoms with Crippen LogP contribution in [0.25, 0.3) is 16.8 Å². The van der Waals surface area contributed by atoms with Crippen LogP contribution < -0.4 is 0 Å². The minimum Gasteiger partial charge on any atom is -0.297 e. The van der Waals surface area contributed by atoms with Gasteiger partial charge in [0.15, 0.2) is 6.29 Å². The van der Waals surface area contributed by atoms with Crippen LogP contribution in [0, 0.1) is 0 Å². The first kappa shape index (κ1) is 9.78. The summed E-state index contributed by atoms with van der Waals surface area (Å²) in [7, 11) is 0. The van der Waals surface area contributed by atoms with E-state index in [1.54, 1.807) is 10.6 Å². The fraction of sp³-hybridized carbons (Fsp3) is 0. The zero-order valence-corrected chi connectivity index (χ0v) is 9.08. The van der Waals surface area contributed by atoms with Gasteiger partial charge < -0.3 is 0 Å². The van der Waals surface area contributed by atoms with Crippen LogP contribution in [0.2, 0.25) is 0 Å². The zero-order valence-electron chi connectivity index (χ0n) is 9.08. The van der Waals surface area contributed by atoms with Gasteiger partial charge in [0, 0.05) is 6.20 Å². The fourth-order valence-corrected chi connectivity index (χ4v) is 1.89. The number of carbonyl (C=O) groups is 1. The van der Waals surface area contributed by atoms with Crippen molar-refractivity contribution < 1.29 is 4.79 Å². The third kappa shape index (κ3) is 1.61. The summed E-state index contributed by atoms with van der Waals surface area (Å²) in [5, 5.41) is 0. The number of hydrogen-bond donors (Lipinski definition) is 0. The second kappa shape index (κ2) is 3.87. The quantitative estimate of drug-likeness (QED) is 0.625. The van der Waals surface area contributed by atoms with Gasteiger partial charge in [0.1, 0.15) is 11.3 Å². The molecule has 0 spiro atoms. The Labute approximate surface area is 98.4 Å². The number of nitrogens with zero attached hydrogens (tertiary/aromatic N) is 2. The molecule has 0 radical (unpaired) electrons. The Bertz CT molecular complexity index is 671. The normalized spacial score (nSPS) is 10.6. The molecule has 0 aliphatic heterocycles. The van der Waals surface area contributed by atoms with Crippen LogP contribution in [0.15, 0.2) is 54.9 Å². The maximum atomic E-state index is 10.9. The minimum atomic E-state index is 0.567. The van der Waals surface area contributed by atoms with Gasteiger partial charge in [0.25, 0.3) is 0 Å². The fourth-order valence-electron chi connectivity index (χ4n) is 1.89. The van der Waals surface area contributed by atoms with Crippen LogP contribution in [0.5, 0.6) is 0 Å². The lowest BCUT2D eigenvalue weighted by Gasteiger charge is -2.03. The number of aromatic nitrogens is 2. The average molecular weight is 222 g/mol. The lowest BCUT2D eigenvalue weighted by atomic mass is 10.1. The van der Waals surface area contributed by atoms with Crippen LogP contribution in [-0.2, 0) is 0 Å². The van der Waals surface area contributed by atoms with E-state index in [9.17, 15) is 4.79 Å². The minimum absolute atomic E-state index is 0.567. The third-order valence-corrected chi connectivity index (χ3v) is 2.76. The molecule has 3 aromatic rings. The Kier molecular flexibility index (Phi) is 2.22. The van der Waals surface area contributed by atoms with Crippen molar-refractivity contribution in [3.8, 4) is 11.1 Å². The maximum Gasteiger partial charge on any atom is 0.168 e. The van der Waals surface area contributed by atoms with Gasteiger partial charge in [-0.15, -0.1) is 0 Å². The smallest absolute Gasteiger partial charge is 0.168 e. The summed E-state index contributed by atoms with van der Waals surface area (Å²) in [6.45, 7) is 0. The molecule has 0 saturated heterocycles. The van der Waals surface area contributed by atoms with E-state index in [-0.39, 0.29) is 0 Å². The second-order valence-electron chi connectivity index (χ2n) is 3.81. The first-order valence-electron chi connectivity index (χ1n) is 5.36. The summed E-state index contributed by atoms with van der Waals surface area (Å²) in [6, 6.07) is 14.0. The van der Waals surface area contributed by atoms with Crippen molar-refractivity contribution in [3.63, 3.8) is 0 Å². The van der Waals surface area contributed by atoms with Gasteiger partial charge in [-0.25, -0.2) is 4.98 Å². The molecular formula is C14H10N2O. The number of carbonyl (C=O) groups excluding carboxylic acids is 1. The topological polar surface area (TPSA) is 34.4 Å². The van der Waals surface area contributed by atoms with E-state index in [1.807, 2.05) is 48.7 Å². The molecule has 17 heavy (non-hydrogen) atoms. The van der Waals surface area contributed by atoms with E-state index in [2.05, 4.69) is 4.98 Å². The van der Waals surface area contributed by atoms with Crippen LogP contribution in [-0.4, -0.2) is 15.7 Å². The number of imidazole rings is 1. The lowest BCUT2D eigenvalue weighted by Crippen LogP contribution is -1.91. The highest BCUT2D eigenvalue weighted by atomic mass is 16.1. The Morgan fingerprint density at radius 1 is 1.00 bits per heavy atom. The molecule has 0 fully saturated rings. The lowest BCUT2D eigenvalue weighted by molar-refractivity contribution is 0.111. The maximum absolute atomic E-state index is 10.9.